The molecule has 10 heteroatoms. The first-order valence-corrected chi connectivity index (χ1v) is 13.4. The first kappa shape index (κ1) is 26.8. The number of rotatable bonds is 3. The molecule has 0 unspecified atom stereocenters. The van der Waals surface area contributed by atoms with Crippen LogP contribution in [0.4, 0.5) is 4.39 Å². The minimum atomic E-state index is -0.631. The van der Waals surface area contributed by atoms with E-state index in [4.69, 9.17) is 17.3 Å². The summed E-state index contributed by atoms with van der Waals surface area (Å²) in [7, 11) is 4.14. The molecular formula is C26H38FN5O3S. The smallest absolute Gasteiger partial charge is 0.306 e. The van der Waals surface area contributed by atoms with E-state index in [9.17, 15) is 14.0 Å². The minimum absolute atomic E-state index is 0.0869. The van der Waals surface area contributed by atoms with E-state index in [0.29, 0.717) is 10.7 Å². The number of H-pyrrole nitrogens is 1. The summed E-state index contributed by atoms with van der Waals surface area (Å²) in [6, 6.07) is 5.00. The molecule has 0 bridgehead atoms. The van der Waals surface area contributed by atoms with E-state index in [1.807, 2.05) is 11.9 Å². The van der Waals surface area contributed by atoms with Gasteiger partial charge in [-0.15, -0.1) is 0 Å². The SMILES string of the molecule is CN1CCC(C(=O)N2CCC(n3c(=S)[nH]c4cc(F)ccc43)CC2)CC1.CN1CCC(C(=O)O)CC1. The standard InChI is InChI=1S/C19H25FN4OS.C7H13NO2/c1-22-8-4-13(5-9-22)18(25)23-10-6-15(7-11-23)24-17-3-2-14(20)12-16(17)21-19(24)26;1-8-4-2-6(3-5-8)7(9)10/h2-3,12-13,15H,4-11H2,1H3,(H,21,26);6H,2-5H2,1H3,(H,9,10). The number of nitrogens with zero attached hydrogens (tertiary/aromatic N) is 4. The Labute approximate surface area is 217 Å². The number of carboxylic acid groups (broad SMARTS) is 1. The van der Waals surface area contributed by atoms with Gasteiger partial charge in [-0.05, 0) is 109 Å². The van der Waals surface area contributed by atoms with Gasteiger partial charge in [0, 0.05) is 25.0 Å². The van der Waals surface area contributed by atoms with Crippen LogP contribution in [0.3, 0.4) is 0 Å². The topological polar surface area (TPSA) is 84.8 Å². The van der Waals surface area contributed by atoms with Gasteiger partial charge in [-0.2, -0.15) is 0 Å². The highest BCUT2D eigenvalue weighted by atomic mass is 32.1. The number of imidazole rings is 1. The molecule has 3 fully saturated rings. The van der Waals surface area contributed by atoms with Crippen molar-refractivity contribution < 1.29 is 19.1 Å². The van der Waals surface area contributed by atoms with Gasteiger partial charge in [0.25, 0.3) is 0 Å². The van der Waals surface area contributed by atoms with Crippen molar-refractivity contribution in [1.29, 1.82) is 0 Å². The van der Waals surface area contributed by atoms with E-state index in [1.165, 1.54) is 12.1 Å². The van der Waals surface area contributed by atoms with Crippen LogP contribution in [-0.4, -0.2) is 94.6 Å². The Morgan fingerprint density at radius 2 is 1.47 bits per heavy atom. The van der Waals surface area contributed by atoms with Crippen LogP contribution >= 0.6 is 12.2 Å². The number of carbonyl (C=O) groups is 2. The number of hydrogen-bond donors (Lipinski definition) is 2. The average molecular weight is 520 g/mol. The van der Waals surface area contributed by atoms with Gasteiger partial charge in [-0.3, -0.25) is 9.59 Å². The van der Waals surface area contributed by atoms with E-state index in [2.05, 4.69) is 26.4 Å². The average Bonchev–Trinajstić information content (AvgIpc) is 3.19. The van der Waals surface area contributed by atoms with E-state index < -0.39 is 5.97 Å². The molecule has 3 aliphatic heterocycles. The lowest BCUT2D eigenvalue weighted by Gasteiger charge is -2.37. The van der Waals surface area contributed by atoms with Crippen molar-refractivity contribution in [3.63, 3.8) is 0 Å². The van der Waals surface area contributed by atoms with Crippen molar-refractivity contribution in [2.45, 2.75) is 44.6 Å². The number of benzene rings is 1. The molecular weight excluding hydrogens is 481 g/mol. The van der Waals surface area contributed by atoms with E-state index in [0.717, 1.165) is 88.8 Å². The number of hydrogen-bond acceptors (Lipinski definition) is 5. The van der Waals surface area contributed by atoms with Gasteiger partial charge in [0.1, 0.15) is 5.82 Å². The van der Waals surface area contributed by atoms with Crippen LogP contribution in [0.5, 0.6) is 0 Å². The number of fused-ring (bicyclic) bond motifs is 1. The van der Waals surface area contributed by atoms with E-state index in [1.54, 1.807) is 6.07 Å². The number of aromatic nitrogens is 2. The fraction of sp³-hybridized carbons (Fsp3) is 0.654. The van der Waals surface area contributed by atoms with Crippen molar-refractivity contribution >= 4 is 35.1 Å². The third-order valence-electron chi connectivity index (χ3n) is 7.96. The second kappa shape index (κ2) is 11.8. The van der Waals surface area contributed by atoms with Gasteiger partial charge in [0.15, 0.2) is 4.77 Å². The lowest BCUT2D eigenvalue weighted by molar-refractivity contribution is -0.143. The minimum Gasteiger partial charge on any atom is -0.481 e. The highest BCUT2D eigenvalue weighted by Crippen LogP contribution is 2.29. The molecule has 2 aromatic rings. The van der Waals surface area contributed by atoms with Crippen LogP contribution in [0, 0.1) is 22.4 Å². The Kier molecular flexibility index (Phi) is 8.79. The maximum absolute atomic E-state index is 13.5. The predicted octanol–water partition coefficient (Wildman–Crippen LogP) is 3.76. The number of halogens is 1. The number of amides is 1. The van der Waals surface area contributed by atoms with Gasteiger partial charge in [-0.25, -0.2) is 4.39 Å². The first-order chi connectivity index (χ1) is 17.2. The highest BCUT2D eigenvalue weighted by Gasteiger charge is 2.31. The van der Waals surface area contributed by atoms with Crippen LogP contribution in [0.1, 0.15) is 44.6 Å². The van der Waals surface area contributed by atoms with Gasteiger partial charge in [-0.1, -0.05) is 0 Å². The molecule has 36 heavy (non-hydrogen) atoms. The molecule has 1 amide bonds. The van der Waals surface area contributed by atoms with Crippen LogP contribution in [0.2, 0.25) is 0 Å². The monoisotopic (exact) mass is 519 g/mol. The lowest BCUT2D eigenvalue weighted by Crippen LogP contribution is -2.45. The van der Waals surface area contributed by atoms with Gasteiger partial charge < -0.3 is 29.4 Å². The Morgan fingerprint density at radius 1 is 0.917 bits per heavy atom. The summed E-state index contributed by atoms with van der Waals surface area (Å²) in [5.74, 6) is -0.481. The Morgan fingerprint density at radius 3 is 2.03 bits per heavy atom. The van der Waals surface area contributed by atoms with Gasteiger partial charge in [0.05, 0.1) is 17.0 Å². The molecule has 3 aliphatic rings. The molecule has 8 nitrogen and oxygen atoms in total. The number of carboxylic acids is 1. The van der Waals surface area contributed by atoms with Crippen molar-refractivity contribution in [2.24, 2.45) is 11.8 Å². The zero-order chi connectivity index (χ0) is 25.8. The number of aromatic amines is 1. The van der Waals surface area contributed by atoms with E-state index >= 15 is 0 Å². The molecule has 0 radical (unpaired) electrons. The molecule has 5 rings (SSSR count). The fourth-order valence-corrected chi connectivity index (χ4v) is 5.94. The molecule has 1 aromatic carbocycles. The number of piperidine rings is 3. The second-order valence-electron chi connectivity index (χ2n) is 10.5. The largest absolute Gasteiger partial charge is 0.481 e. The Balaban J connectivity index is 0.000000256. The maximum atomic E-state index is 13.5. The summed E-state index contributed by atoms with van der Waals surface area (Å²) in [6.45, 7) is 5.41. The molecule has 0 aliphatic carbocycles. The molecule has 0 saturated carbocycles. The van der Waals surface area contributed by atoms with Crippen molar-refractivity contribution in [3.05, 3.63) is 28.8 Å². The Hall–Kier alpha value is -2.30. The summed E-state index contributed by atoms with van der Waals surface area (Å²) in [6.07, 6.45) is 5.33. The van der Waals surface area contributed by atoms with Crippen molar-refractivity contribution in [3.8, 4) is 0 Å². The molecule has 1 aromatic heterocycles. The highest BCUT2D eigenvalue weighted by molar-refractivity contribution is 7.71. The van der Waals surface area contributed by atoms with E-state index in [-0.39, 0.29) is 23.7 Å². The summed E-state index contributed by atoms with van der Waals surface area (Å²) >= 11 is 5.47. The fourth-order valence-electron chi connectivity index (χ4n) is 5.58. The van der Waals surface area contributed by atoms with Crippen LogP contribution in [-0.2, 0) is 9.59 Å². The third-order valence-corrected chi connectivity index (χ3v) is 8.25. The summed E-state index contributed by atoms with van der Waals surface area (Å²) in [5, 5.41) is 8.61. The lowest BCUT2D eigenvalue weighted by atomic mass is 9.94. The van der Waals surface area contributed by atoms with Gasteiger partial charge >= 0.3 is 5.97 Å². The number of nitrogens with one attached hydrogen (secondary N) is 1. The normalized spacial score (nSPS) is 21.4. The number of likely N-dealkylation sites (tertiary alicyclic amines) is 3. The molecule has 2 N–H and O–H groups in total. The molecule has 198 valence electrons. The molecule has 0 atom stereocenters. The number of carbonyl (C=O) groups excluding carboxylic acids is 1. The zero-order valence-electron chi connectivity index (χ0n) is 21.3. The Bertz CT molecular complexity index is 1110. The third kappa shape index (κ3) is 6.33. The van der Waals surface area contributed by atoms with Crippen molar-refractivity contribution in [1.82, 2.24) is 24.3 Å². The van der Waals surface area contributed by atoms with Crippen LogP contribution in [0.25, 0.3) is 11.0 Å². The molecule has 3 saturated heterocycles. The maximum Gasteiger partial charge on any atom is 0.306 e. The second-order valence-corrected chi connectivity index (χ2v) is 10.9. The zero-order valence-corrected chi connectivity index (χ0v) is 22.1. The predicted molar refractivity (Wildman–Crippen MR) is 140 cm³/mol. The molecule has 4 heterocycles. The van der Waals surface area contributed by atoms with Gasteiger partial charge in [0.2, 0.25) is 5.91 Å². The van der Waals surface area contributed by atoms with Crippen LogP contribution < -0.4 is 0 Å². The quantitative estimate of drug-likeness (QED) is 0.601. The summed E-state index contributed by atoms with van der Waals surface area (Å²) < 4.78 is 16.2. The molecule has 0 spiro atoms. The summed E-state index contributed by atoms with van der Waals surface area (Å²) in [5.41, 5.74) is 1.68. The van der Waals surface area contributed by atoms with Crippen molar-refractivity contribution in [2.75, 3.05) is 53.4 Å². The number of aliphatic carboxylic acids is 1. The first-order valence-electron chi connectivity index (χ1n) is 13.0. The summed E-state index contributed by atoms with van der Waals surface area (Å²) in [4.78, 5) is 32.8. The van der Waals surface area contributed by atoms with Crippen LogP contribution in [0.15, 0.2) is 18.2 Å².